The first kappa shape index (κ1) is 34.6. The summed E-state index contributed by atoms with van der Waals surface area (Å²) < 4.78 is 26.5. The highest BCUT2D eigenvalue weighted by Gasteiger charge is 2.18. The van der Waals surface area contributed by atoms with Crippen LogP contribution in [0, 0.1) is 11.8 Å². The predicted octanol–water partition coefficient (Wildman–Crippen LogP) is 6.34. The molecule has 0 saturated heterocycles. The van der Waals surface area contributed by atoms with E-state index in [-0.39, 0.29) is 39.9 Å². The standard InChI is InChI=1S/C39H26O10/c1-5-35(40)45-29-16-9-25(10-17-29)11-22-32-33(48-37(42)7-3)23-28(24-34(32)49-38(43)8-4)26-12-14-27(15-13-26)39(44)47-31-20-18-30(19-21-31)46-36(41)6-2/h5-10,12-21,23-24H,1-4H2. The fourth-order valence-electron chi connectivity index (χ4n) is 3.94. The van der Waals surface area contributed by atoms with Crippen molar-refractivity contribution in [2.24, 2.45) is 0 Å². The summed E-state index contributed by atoms with van der Waals surface area (Å²) in [4.78, 5) is 60.2. The first-order valence-corrected chi connectivity index (χ1v) is 14.2. The molecular weight excluding hydrogens is 628 g/mol. The van der Waals surface area contributed by atoms with Crippen LogP contribution in [0.15, 0.2) is 136 Å². The van der Waals surface area contributed by atoms with Gasteiger partial charge in [-0.1, -0.05) is 50.3 Å². The van der Waals surface area contributed by atoms with Crippen molar-refractivity contribution in [1.29, 1.82) is 0 Å². The zero-order valence-electron chi connectivity index (χ0n) is 25.8. The van der Waals surface area contributed by atoms with Crippen LogP contribution >= 0.6 is 0 Å². The molecule has 0 unspecified atom stereocenters. The highest BCUT2D eigenvalue weighted by molar-refractivity contribution is 5.92. The second kappa shape index (κ2) is 16.4. The van der Waals surface area contributed by atoms with Crippen molar-refractivity contribution in [2.45, 2.75) is 0 Å². The quantitative estimate of drug-likeness (QED) is 0.0782. The molecule has 0 aromatic heterocycles. The number of carbonyl (C=O) groups is 5. The topological polar surface area (TPSA) is 132 Å². The van der Waals surface area contributed by atoms with E-state index in [1.54, 1.807) is 24.3 Å². The summed E-state index contributed by atoms with van der Waals surface area (Å²) in [7, 11) is 0. The smallest absolute Gasteiger partial charge is 0.343 e. The van der Waals surface area contributed by atoms with Gasteiger partial charge in [0.1, 0.15) is 22.8 Å². The van der Waals surface area contributed by atoms with E-state index in [2.05, 4.69) is 38.2 Å². The Morgan fingerprint density at radius 3 is 1.33 bits per heavy atom. The van der Waals surface area contributed by atoms with Crippen LogP contribution < -0.4 is 23.7 Å². The molecule has 0 atom stereocenters. The van der Waals surface area contributed by atoms with E-state index >= 15 is 0 Å². The first-order valence-electron chi connectivity index (χ1n) is 14.2. The van der Waals surface area contributed by atoms with E-state index in [1.807, 2.05) is 0 Å². The first-order chi connectivity index (χ1) is 23.6. The molecule has 10 nitrogen and oxygen atoms in total. The fraction of sp³-hybridized carbons (Fsp3) is 0. The zero-order chi connectivity index (χ0) is 35.3. The van der Waals surface area contributed by atoms with Gasteiger partial charge in [-0.3, -0.25) is 0 Å². The minimum atomic E-state index is -0.792. The van der Waals surface area contributed by atoms with Crippen LogP contribution in [0.25, 0.3) is 11.1 Å². The molecule has 0 spiro atoms. The molecule has 49 heavy (non-hydrogen) atoms. The van der Waals surface area contributed by atoms with Crippen LogP contribution in [-0.2, 0) is 19.2 Å². The third-order valence-corrected chi connectivity index (χ3v) is 6.27. The van der Waals surface area contributed by atoms with Gasteiger partial charge in [0.25, 0.3) is 0 Å². The molecule has 242 valence electrons. The molecule has 0 bridgehead atoms. The lowest BCUT2D eigenvalue weighted by Gasteiger charge is -2.13. The van der Waals surface area contributed by atoms with Crippen LogP contribution in [-0.4, -0.2) is 29.8 Å². The van der Waals surface area contributed by atoms with Crippen LogP contribution in [0.5, 0.6) is 28.7 Å². The van der Waals surface area contributed by atoms with E-state index in [9.17, 15) is 24.0 Å². The summed E-state index contributed by atoms with van der Waals surface area (Å²) in [5.41, 5.74) is 1.79. The Bertz CT molecular complexity index is 1980. The largest absolute Gasteiger partial charge is 0.423 e. The van der Waals surface area contributed by atoms with Crippen molar-refractivity contribution in [3.63, 3.8) is 0 Å². The molecule has 0 heterocycles. The summed E-state index contributed by atoms with van der Waals surface area (Å²) >= 11 is 0. The number of benzene rings is 4. The number of carbonyl (C=O) groups excluding carboxylic acids is 5. The Labute approximate surface area is 281 Å². The van der Waals surface area contributed by atoms with Crippen molar-refractivity contribution < 1.29 is 47.7 Å². The highest BCUT2D eigenvalue weighted by atomic mass is 16.6. The zero-order valence-corrected chi connectivity index (χ0v) is 25.8. The second-order valence-corrected chi connectivity index (χ2v) is 9.56. The highest BCUT2D eigenvalue weighted by Crippen LogP contribution is 2.36. The van der Waals surface area contributed by atoms with Gasteiger partial charge in [-0.2, -0.15) is 0 Å². The summed E-state index contributed by atoms with van der Waals surface area (Å²) in [6.45, 7) is 13.6. The van der Waals surface area contributed by atoms with Crippen LogP contribution in [0.3, 0.4) is 0 Å². The Hall–Kier alpha value is -7.25. The van der Waals surface area contributed by atoms with Gasteiger partial charge in [-0.25, -0.2) is 24.0 Å². The third-order valence-electron chi connectivity index (χ3n) is 6.27. The molecule has 0 fully saturated rings. The maximum atomic E-state index is 12.8. The number of esters is 5. The Morgan fingerprint density at radius 2 is 0.878 bits per heavy atom. The van der Waals surface area contributed by atoms with Gasteiger partial charge in [0, 0.05) is 29.9 Å². The lowest BCUT2D eigenvalue weighted by molar-refractivity contribution is -0.130. The van der Waals surface area contributed by atoms with Gasteiger partial charge in [0.15, 0.2) is 11.5 Å². The molecule has 0 radical (unpaired) electrons. The monoisotopic (exact) mass is 654 g/mol. The molecule has 4 rings (SSSR count). The molecular formula is C39H26O10. The fourth-order valence-corrected chi connectivity index (χ4v) is 3.94. The Balaban J connectivity index is 1.65. The van der Waals surface area contributed by atoms with Crippen molar-refractivity contribution in [3.05, 3.63) is 152 Å². The van der Waals surface area contributed by atoms with Crippen molar-refractivity contribution in [1.82, 2.24) is 0 Å². The normalized spacial score (nSPS) is 9.80. The van der Waals surface area contributed by atoms with E-state index < -0.39 is 29.8 Å². The molecule has 0 aliphatic heterocycles. The average Bonchev–Trinajstić information content (AvgIpc) is 3.12. The molecule has 0 amide bonds. The lowest BCUT2D eigenvalue weighted by atomic mass is 10.0. The van der Waals surface area contributed by atoms with Crippen LogP contribution in [0.4, 0.5) is 0 Å². The number of hydrogen-bond acceptors (Lipinski definition) is 10. The number of hydrogen-bond donors (Lipinski definition) is 0. The minimum Gasteiger partial charge on any atom is -0.423 e. The van der Waals surface area contributed by atoms with E-state index in [1.165, 1.54) is 60.7 Å². The van der Waals surface area contributed by atoms with Gasteiger partial charge < -0.3 is 23.7 Å². The van der Waals surface area contributed by atoms with E-state index in [0.717, 1.165) is 24.3 Å². The average molecular weight is 655 g/mol. The summed E-state index contributed by atoms with van der Waals surface area (Å²) in [5, 5.41) is 0. The molecule has 4 aromatic carbocycles. The maximum Gasteiger partial charge on any atom is 0.343 e. The molecule has 0 saturated carbocycles. The number of ether oxygens (including phenoxy) is 5. The molecule has 4 aromatic rings. The van der Waals surface area contributed by atoms with Gasteiger partial charge in [0.05, 0.1) is 5.56 Å². The summed E-state index contributed by atoms with van der Waals surface area (Å²) in [5.74, 6) is 3.00. The Kier molecular flexibility index (Phi) is 11.6. The lowest BCUT2D eigenvalue weighted by Crippen LogP contribution is -2.09. The van der Waals surface area contributed by atoms with E-state index in [4.69, 9.17) is 23.7 Å². The molecule has 0 N–H and O–H groups in total. The van der Waals surface area contributed by atoms with E-state index in [0.29, 0.717) is 16.7 Å². The molecule has 10 heteroatoms. The maximum absolute atomic E-state index is 12.8. The van der Waals surface area contributed by atoms with Crippen LogP contribution in [0.2, 0.25) is 0 Å². The van der Waals surface area contributed by atoms with Gasteiger partial charge >= 0.3 is 29.8 Å². The summed E-state index contributed by atoms with van der Waals surface area (Å²) in [6.07, 6.45) is 3.99. The van der Waals surface area contributed by atoms with Crippen molar-refractivity contribution >= 4 is 29.8 Å². The third kappa shape index (κ3) is 9.62. The van der Waals surface area contributed by atoms with Crippen molar-refractivity contribution in [3.8, 4) is 51.7 Å². The Morgan fingerprint density at radius 1 is 0.469 bits per heavy atom. The minimum absolute atomic E-state index is 0.0380. The predicted molar refractivity (Wildman–Crippen MR) is 179 cm³/mol. The SMILES string of the molecule is C=CC(=O)Oc1ccc(C#Cc2c(OC(=O)C=C)cc(-c3ccc(C(=O)Oc4ccc(OC(=O)C=C)cc4)cc3)cc2OC(=O)C=C)cc1. The molecule has 0 aliphatic carbocycles. The van der Waals surface area contributed by atoms with Gasteiger partial charge in [-0.15, -0.1) is 0 Å². The molecule has 0 aliphatic rings. The van der Waals surface area contributed by atoms with Gasteiger partial charge in [0.2, 0.25) is 0 Å². The van der Waals surface area contributed by atoms with Crippen molar-refractivity contribution in [2.75, 3.05) is 0 Å². The van der Waals surface area contributed by atoms with Crippen LogP contribution in [0.1, 0.15) is 21.5 Å². The van der Waals surface area contributed by atoms with Gasteiger partial charge in [-0.05, 0) is 83.9 Å². The second-order valence-electron chi connectivity index (χ2n) is 9.56. The number of rotatable bonds is 11. The summed E-state index contributed by atoms with van der Waals surface area (Å²) in [6, 6.07) is 21.4.